The lowest BCUT2D eigenvalue weighted by molar-refractivity contribution is 0.297. The Balaban J connectivity index is 1.78. The van der Waals surface area contributed by atoms with E-state index in [0.29, 0.717) is 15.2 Å². The number of hydrogen-bond donors (Lipinski definition) is 0. The maximum absolute atomic E-state index is 6.71. The van der Waals surface area contributed by atoms with E-state index in [1.807, 2.05) is 0 Å². The Morgan fingerprint density at radius 1 is 0.778 bits per heavy atom. The predicted octanol–water partition coefficient (Wildman–Crippen LogP) is 7.86. The highest BCUT2D eigenvalue weighted by atomic mass is 31.1. The van der Waals surface area contributed by atoms with Crippen LogP contribution in [0.4, 0.5) is 5.69 Å². The number of aryl methyl sites for hydroxylation is 1. The van der Waals surface area contributed by atoms with E-state index in [1.165, 1.54) is 38.8 Å². The maximum Gasteiger partial charge on any atom is 0.127 e. The minimum absolute atomic E-state index is 0.0460. The highest BCUT2D eigenvalue weighted by molar-refractivity contribution is 7.49. The van der Waals surface area contributed by atoms with Gasteiger partial charge < -0.3 is 9.64 Å². The Hall–Kier alpha value is -3.09. The smallest absolute Gasteiger partial charge is 0.127 e. The van der Waals surface area contributed by atoms with Gasteiger partial charge in [-0.3, -0.25) is 0 Å². The lowest BCUT2D eigenvalue weighted by Gasteiger charge is -2.34. The van der Waals surface area contributed by atoms with Crippen LogP contribution in [0, 0.1) is 6.92 Å². The van der Waals surface area contributed by atoms with Gasteiger partial charge >= 0.3 is 0 Å². The first kappa shape index (κ1) is 26.0. The van der Waals surface area contributed by atoms with Gasteiger partial charge in [0.05, 0.1) is 0 Å². The Morgan fingerprint density at radius 3 is 2.06 bits per heavy atom. The van der Waals surface area contributed by atoms with Crippen LogP contribution in [-0.2, 0) is 18.2 Å². The summed E-state index contributed by atoms with van der Waals surface area (Å²) in [6, 6.07) is 34.6. The van der Waals surface area contributed by atoms with Crippen LogP contribution in [0.1, 0.15) is 48.1 Å². The molecule has 2 unspecified atom stereocenters. The summed E-state index contributed by atoms with van der Waals surface area (Å²) in [6.07, 6.45) is 1.89. The van der Waals surface area contributed by atoms with E-state index < -0.39 is 0 Å². The van der Waals surface area contributed by atoms with Crippen molar-refractivity contribution in [3.63, 3.8) is 0 Å². The molecule has 4 aromatic rings. The second-order valence-electron chi connectivity index (χ2n) is 9.90. The SMILES string of the molecule is CCC(C)(Pc1c(C)cccc1N(C)C)c1cccc(Cc2ccccc2)c1OCc1ccccc1. The summed E-state index contributed by atoms with van der Waals surface area (Å²) in [5, 5.41) is 1.39. The zero-order valence-electron chi connectivity index (χ0n) is 22.2. The molecule has 36 heavy (non-hydrogen) atoms. The second-order valence-corrected chi connectivity index (χ2v) is 11.8. The van der Waals surface area contributed by atoms with E-state index in [2.05, 4.69) is 137 Å². The van der Waals surface area contributed by atoms with Crippen molar-refractivity contribution in [2.24, 2.45) is 0 Å². The van der Waals surface area contributed by atoms with Crippen LogP contribution in [0.25, 0.3) is 0 Å². The van der Waals surface area contributed by atoms with Crippen LogP contribution in [-0.4, -0.2) is 14.1 Å². The van der Waals surface area contributed by atoms with Crippen molar-refractivity contribution in [1.29, 1.82) is 0 Å². The summed E-state index contributed by atoms with van der Waals surface area (Å²) in [4.78, 5) is 2.24. The van der Waals surface area contributed by atoms with Gasteiger partial charge in [-0.2, -0.15) is 0 Å². The van der Waals surface area contributed by atoms with Crippen LogP contribution in [0.3, 0.4) is 0 Å². The fourth-order valence-electron chi connectivity index (χ4n) is 4.68. The zero-order chi connectivity index (χ0) is 25.5. The van der Waals surface area contributed by atoms with Crippen LogP contribution in [0.5, 0.6) is 5.75 Å². The quantitative estimate of drug-likeness (QED) is 0.208. The van der Waals surface area contributed by atoms with Gasteiger partial charge in [-0.1, -0.05) is 113 Å². The molecule has 0 amide bonds. The summed E-state index contributed by atoms with van der Waals surface area (Å²) in [5.74, 6) is 1.04. The number of rotatable bonds is 10. The first-order valence-electron chi connectivity index (χ1n) is 12.8. The topological polar surface area (TPSA) is 12.5 Å². The molecule has 0 N–H and O–H groups in total. The number of benzene rings is 4. The minimum atomic E-state index is -0.0460. The molecule has 2 nitrogen and oxygen atoms in total. The molecule has 0 spiro atoms. The van der Waals surface area contributed by atoms with Crippen LogP contribution in [0.15, 0.2) is 97.1 Å². The van der Waals surface area contributed by atoms with E-state index >= 15 is 0 Å². The molecule has 0 fully saturated rings. The number of para-hydroxylation sites is 1. The van der Waals surface area contributed by atoms with Crippen molar-refractivity contribution in [2.75, 3.05) is 19.0 Å². The summed E-state index contributed by atoms with van der Waals surface area (Å²) < 4.78 is 6.71. The van der Waals surface area contributed by atoms with Gasteiger partial charge in [-0.15, -0.1) is 0 Å². The minimum Gasteiger partial charge on any atom is -0.488 e. The normalized spacial score (nSPS) is 13.0. The maximum atomic E-state index is 6.71. The molecule has 0 aliphatic carbocycles. The molecule has 0 saturated carbocycles. The van der Waals surface area contributed by atoms with Crippen molar-refractivity contribution >= 4 is 19.6 Å². The molecule has 0 bridgehead atoms. The van der Waals surface area contributed by atoms with Crippen molar-refractivity contribution in [1.82, 2.24) is 0 Å². The average Bonchev–Trinajstić information content (AvgIpc) is 2.90. The van der Waals surface area contributed by atoms with E-state index in [9.17, 15) is 0 Å². The highest BCUT2D eigenvalue weighted by Gasteiger charge is 2.31. The Morgan fingerprint density at radius 2 is 1.42 bits per heavy atom. The molecule has 0 aromatic heterocycles. The van der Waals surface area contributed by atoms with Gasteiger partial charge in [0.25, 0.3) is 0 Å². The fraction of sp³-hybridized carbons (Fsp3) is 0.273. The molecule has 0 saturated heterocycles. The summed E-state index contributed by atoms with van der Waals surface area (Å²) in [7, 11) is 4.91. The molecule has 4 aromatic carbocycles. The third-order valence-corrected chi connectivity index (χ3v) is 9.07. The molecule has 4 rings (SSSR count). The van der Waals surface area contributed by atoms with Crippen LogP contribution in [0.2, 0.25) is 0 Å². The predicted molar refractivity (Wildman–Crippen MR) is 158 cm³/mol. The van der Waals surface area contributed by atoms with Gasteiger partial charge in [0.1, 0.15) is 12.4 Å². The van der Waals surface area contributed by atoms with Crippen LogP contribution >= 0.6 is 8.58 Å². The zero-order valence-corrected chi connectivity index (χ0v) is 23.2. The van der Waals surface area contributed by atoms with Crippen molar-refractivity contribution in [3.05, 3.63) is 125 Å². The lowest BCUT2D eigenvalue weighted by Crippen LogP contribution is -2.25. The third-order valence-electron chi connectivity index (χ3n) is 7.00. The molecule has 2 atom stereocenters. The molecule has 186 valence electrons. The number of nitrogens with zero attached hydrogens (tertiary/aromatic N) is 1. The molecule has 0 radical (unpaired) electrons. The Kier molecular flexibility index (Phi) is 8.49. The fourth-order valence-corrected chi connectivity index (χ4v) is 6.46. The van der Waals surface area contributed by atoms with E-state index in [0.717, 1.165) is 18.6 Å². The van der Waals surface area contributed by atoms with Crippen molar-refractivity contribution < 1.29 is 4.74 Å². The number of ether oxygens (including phenoxy) is 1. The van der Waals surface area contributed by atoms with E-state index in [-0.39, 0.29) is 5.16 Å². The molecule has 3 heteroatoms. The molecule has 0 aliphatic heterocycles. The van der Waals surface area contributed by atoms with E-state index in [1.54, 1.807) is 0 Å². The van der Waals surface area contributed by atoms with Crippen molar-refractivity contribution in [2.45, 2.75) is 45.4 Å². The lowest BCUT2D eigenvalue weighted by atomic mass is 9.92. The van der Waals surface area contributed by atoms with Gasteiger partial charge in [-0.05, 0) is 47.0 Å². The Labute approximate surface area is 219 Å². The van der Waals surface area contributed by atoms with Crippen molar-refractivity contribution in [3.8, 4) is 5.75 Å². The largest absolute Gasteiger partial charge is 0.488 e. The number of hydrogen-bond acceptors (Lipinski definition) is 2. The molecular formula is C33H38NOP. The summed E-state index contributed by atoms with van der Waals surface area (Å²) >= 11 is 0. The average molecular weight is 496 g/mol. The molecular weight excluding hydrogens is 457 g/mol. The molecule has 0 heterocycles. The van der Waals surface area contributed by atoms with Gasteiger partial charge in [0.2, 0.25) is 0 Å². The van der Waals surface area contributed by atoms with Crippen LogP contribution < -0.4 is 14.9 Å². The highest BCUT2D eigenvalue weighted by Crippen LogP contribution is 2.50. The standard InChI is InChI=1S/C33H38NOP/c1-6-33(3,36-32-25(2)15-13-22-30(32)34(4)5)29-21-14-20-28(23-26-16-9-7-10-17-26)31(29)35-24-27-18-11-8-12-19-27/h7-22,36H,6,23-24H2,1-5H3. The van der Waals surface area contributed by atoms with Gasteiger partial charge in [0, 0.05) is 36.9 Å². The third kappa shape index (κ3) is 6.00. The van der Waals surface area contributed by atoms with Gasteiger partial charge in [-0.25, -0.2) is 0 Å². The molecule has 0 aliphatic rings. The number of anilines is 1. The first-order valence-corrected chi connectivity index (χ1v) is 13.8. The van der Waals surface area contributed by atoms with E-state index in [4.69, 9.17) is 4.74 Å². The summed E-state index contributed by atoms with van der Waals surface area (Å²) in [6.45, 7) is 7.53. The summed E-state index contributed by atoms with van der Waals surface area (Å²) in [5.41, 5.74) is 7.70. The van der Waals surface area contributed by atoms with Gasteiger partial charge in [0.15, 0.2) is 0 Å². The second kappa shape index (κ2) is 11.8. The Bertz CT molecular complexity index is 1270. The monoisotopic (exact) mass is 495 g/mol. The first-order chi connectivity index (χ1) is 17.4.